The molecule has 0 aliphatic heterocycles. The zero-order valence-corrected chi connectivity index (χ0v) is 14.1. The lowest BCUT2D eigenvalue weighted by molar-refractivity contribution is -0.123. The Labute approximate surface area is 142 Å². The van der Waals surface area contributed by atoms with Gasteiger partial charge in [0.1, 0.15) is 5.75 Å². The van der Waals surface area contributed by atoms with Crippen molar-refractivity contribution in [2.75, 3.05) is 12.4 Å². The molecule has 0 radical (unpaired) electrons. The summed E-state index contributed by atoms with van der Waals surface area (Å²) in [6.45, 7) is 2.54. The van der Waals surface area contributed by atoms with Crippen LogP contribution in [0.2, 0.25) is 0 Å². The molecule has 4 N–H and O–H groups in total. The van der Waals surface area contributed by atoms with E-state index in [9.17, 15) is 4.79 Å². The smallest absolute Gasteiger partial charge is 0.240 e. The van der Waals surface area contributed by atoms with Crippen LogP contribution in [0.4, 0.5) is 11.4 Å². The van der Waals surface area contributed by atoms with Gasteiger partial charge in [0.25, 0.3) is 0 Å². The van der Waals surface area contributed by atoms with Gasteiger partial charge in [0.15, 0.2) is 0 Å². The van der Waals surface area contributed by atoms with Gasteiger partial charge in [-0.25, -0.2) is 0 Å². The first-order chi connectivity index (χ1) is 11.5. The lowest BCUT2D eigenvalue weighted by atomic mass is 10.1. The molecule has 0 aromatic heterocycles. The van der Waals surface area contributed by atoms with Gasteiger partial charge in [0, 0.05) is 17.9 Å². The van der Waals surface area contributed by atoms with Gasteiger partial charge in [0.05, 0.1) is 12.6 Å². The molecule has 0 heterocycles. The Morgan fingerprint density at radius 2 is 1.92 bits per heavy atom. The number of carbonyl (C=O) groups is 1. The molecule has 1 aliphatic carbocycles. The molecule has 0 saturated heterocycles. The number of methoxy groups -OCH3 is 1. The van der Waals surface area contributed by atoms with Gasteiger partial charge < -0.3 is 21.1 Å². The van der Waals surface area contributed by atoms with Crippen molar-refractivity contribution >= 4 is 17.3 Å². The summed E-state index contributed by atoms with van der Waals surface area (Å²) in [6.07, 6.45) is 1.56. The van der Waals surface area contributed by atoms with Crippen LogP contribution >= 0.6 is 0 Å². The summed E-state index contributed by atoms with van der Waals surface area (Å²) in [5.41, 5.74) is 9.44. The van der Waals surface area contributed by atoms with Crippen molar-refractivity contribution in [2.24, 2.45) is 5.73 Å². The van der Waals surface area contributed by atoms with E-state index < -0.39 is 5.54 Å². The van der Waals surface area contributed by atoms with Crippen LogP contribution in [0.1, 0.15) is 24.0 Å². The van der Waals surface area contributed by atoms with Gasteiger partial charge in [0.2, 0.25) is 5.91 Å². The average molecular weight is 325 g/mol. The fourth-order valence-corrected chi connectivity index (χ4v) is 2.48. The van der Waals surface area contributed by atoms with Crippen LogP contribution < -0.4 is 21.1 Å². The van der Waals surface area contributed by atoms with Crippen molar-refractivity contribution in [1.29, 1.82) is 0 Å². The first kappa shape index (κ1) is 16.3. The van der Waals surface area contributed by atoms with Crippen LogP contribution in [0.25, 0.3) is 0 Å². The average Bonchev–Trinajstić information content (AvgIpc) is 3.34. The minimum atomic E-state index is -0.618. The monoisotopic (exact) mass is 325 g/mol. The third-order valence-corrected chi connectivity index (χ3v) is 4.36. The van der Waals surface area contributed by atoms with Crippen molar-refractivity contribution in [3.8, 4) is 5.75 Å². The molecule has 3 rings (SSSR count). The summed E-state index contributed by atoms with van der Waals surface area (Å²) in [5.74, 6) is 0.788. The van der Waals surface area contributed by atoms with E-state index in [1.807, 2.05) is 49.4 Å². The maximum Gasteiger partial charge on any atom is 0.240 e. The molecule has 1 saturated carbocycles. The summed E-state index contributed by atoms with van der Waals surface area (Å²) in [6, 6.07) is 13.9. The van der Waals surface area contributed by atoms with E-state index >= 15 is 0 Å². The van der Waals surface area contributed by atoms with Crippen molar-refractivity contribution in [2.45, 2.75) is 31.8 Å². The summed E-state index contributed by atoms with van der Waals surface area (Å²) in [7, 11) is 1.66. The molecular weight excluding hydrogens is 302 g/mol. The number of benzene rings is 2. The Balaban J connectivity index is 1.59. The molecule has 0 atom stereocenters. The number of ether oxygens (including phenoxy) is 1. The first-order valence-electron chi connectivity index (χ1n) is 8.08. The molecule has 0 bridgehead atoms. The van der Waals surface area contributed by atoms with Crippen molar-refractivity contribution in [3.63, 3.8) is 0 Å². The van der Waals surface area contributed by atoms with Crippen molar-refractivity contribution in [3.05, 3.63) is 53.6 Å². The number of carbonyl (C=O) groups excluding carboxylic acids is 1. The molecule has 5 nitrogen and oxygen atoms in total. The van der Waals surface area contributed by atoms with E-state index in [4.69, 9.17) is 10.5 Å². The SMILES string of the molecule is COc1ccc(Nc2ccc(CNC(=O)C3(N)CC3)cc2)c(C)c1. The highest BCUT2D eigenvalue weighted by Crippen LogP contribution is 2.32. The minimum Gasteiger partial charge on any atom is -0.497 e. The van der Waals surface area contributed by atoms with Crippen molar-refractivity contribution in [1.82, 2.24) is 5.32 Å². The molecule has 0 spiro atoms. The lowest BCUT2D eigenvalue weighted by Gasteiger charge is -2.12. The van der Waals surface area contributed by atoms with E-state index in [1.165, 1.54) is 0 Å². The molecule has 1 fully saturated rings. The number of anilines is 2. The zero-order valence-electron chi connectivity index (χ0n) is 14.1. The Hall–Kier alpha value is -2.53. The second-order valence-electron chi connectivity index (χ2n) is 6.34. The number of rotatable bonds is 6. The molecule has 1 aliphatic rings. The third-order valence-electron chi connectivity index (χ3n) is 4.36. The van der Waals surface area contributed by atoms with Gasteiger partial charge in [-0.05, 0) is 61.2 Å². The maximum absolute atomic E-state index is 11.8. The first-order valence-corrected chi connectivity index (χ1v) is 8.08. The fraction of sp³-hybridized carbons (Fsp3) is 0.316. The van der Waals surface area contributed by atoms with Gasteiger partial charge in [-0.15, -0.1) is 0 Å². The lowest BCUT2D eigenvalue weighted by Crippen LogP contribution is -2.42. The second-order valence-corrected chi connectivity index (χ2v) is 6.34. The number of hydrogen-bond donors (Lipinski definition) is 3. The number of nitrogens with one attached hydrogen (secondary N) is 2. The minimum absolute atomic E-state index is 0.0569. The van der Waals surface area contributed by atoms with E-state index in [0.717, 1.165) is 41.1 Å². The third kappa shape index (κ3) is 3.68. The highest BCUT2D eigenvalue weighted by molar-refractivity contribution is 5.88. The summed E-state index contributed by atoms with van der Waals surface area (Å²) in [5, 5.41) is 6.28. The van der Waals surface area contributed by atoms with E-state index in [1.54, 1.807) is 7.11 Å². The predicted octanol–water partition coefficient (Wildman–Crippen LogP) is 2.85. The predicted molar refractivity (Wildman–Crippen MR) is 95.5 cm³/mol. The molecule has 5 heteroatoms. The standard InChI is InChI=1S/C19H23N3O2/c1-13-11-16(24-2)7-8-17(13)22-15-5-3-14(4-6-15)12-21-18(23)19(20)9-10-19/h3-8,11,22H,9-10,12,20H2,1-2H3,(H,21,23). The van der Waals surface area contributed by atoms with Crippen LogP contribution in [0, 0.1) is 6.92 Å². The zero-order chi connectivity index (χ0) is 17.2. The quantitative estimate of drug-likeness (QED) is 0.763. The highest BCUT2D eigenvalue weighted by Gasteiger charge is 2.45. The van der Waals surface area contributed by atoms with Gasteiger partial charge in [-0.3, -0.25) is 4.79 Å². The van der Waals surface area contributed by atoms with E-state index in [0.29, 0.717) is 6.54 Å². The van der Waals surface area contributed by atoms with Crippen LogP contribution in [-0.4, -0.2) is 18.6 Å². The number of aryl methyl sites for hydroxylation is 1. The Kier molecular flexibility index (Phi) is 4.44. The number of hydrogen-bond acceptors (Lipinski definition) is 4. The Bertz CT molecular complexity index is 737. The van der Waals surface area contributed by atoms with Gasteiger partial charge in [-0.1, -0.05) is 12.1 Å². The Morgan fingerprint density at radius 3 is 2.50 bits per heavy atom. The fourth-order valence-electron chi connectivity index (χ4n) is 2.48. The van der Waals surface area contributed by atoms with E-state index in [2.05, 4.69) is 10.6 Å². The van der Waals surface area contributed by atoms with Gasteiger partial charge >= 0.3 is 0 Å². The molecule has 0 unspecified atom stereocenters. The molecular formula is C19H23N3O2. The van der Waals surface area contributed by atoms with Gasteiger partial charge in [-0.2, -0.15) is 0 Å². The highest BCUT2D eigenvalue weighted by atomic mass is 16.5. The molecule has 24 heavy (non-hydrogen) atoms. The summed E-state index contributed by atoms with van der Waals surface area (Å²) >= 11 is 0. The van der Waals surface area contributed by atoms with Crippen molar-refractivity contribution < 1.29 is 9.53 Å². The van der Waals surface area contributed by atoms with E-state index in [-0.39, 0.29) is 5.91 Å². The van der Waals surface area contributed by atoms with Crippen LogP contribution in [0.3, 0.4) is 0 Å². The number of amides is 1. The summed E-state index contributed by atoms with van der Waals surface area (Å²) in [4.78, 5) is 11.8. The topological polar surface area (TPSA) is 76.4 Å². The van der Waals surface area contributed by atoms with Crippen LogP contribution in [-0.2, 0) is 11.3 Å². The summed E-state index contributed by atoms with van der Waals surface area (Å²) < 4.78 is 5.22. The van der Waals surface area contributed by atoms with Crippen LogP contribution in [0.5, 0.6) is 5.75 Å². The molecule has 2 aromatic carbocycles. The normalized spacial score (nSPS) is 14.8. The van der Waals surface area contributed by atoms with Crippen LogP contribution in [0.15, 0.2) is 42.5 Å². The molecule has 2 aromatic rings. The Morgan fingerprint density at radius 1 is 1.21 bits per heavy atom. The molecule has 1 amide bonds. The molecule has 126 valence electrons. The second kappa shape index (κ2) is 6.53. The number of nitrogens with two attached hydrogens (primary N) is 1. The largest absolute Gasteiger partial charge is 0.497 e. The maximum atomic E-state index is 11.8.